The molecule has 0 radical (unpaired) electrons. The first kappa shape index (κ1) is 19.1. The number of hydrogen-bond acceptors (Lipinski definition) is 2. The maximum absolute atomic E-state index is 12.4. The summed E-state index contributed by atoms with van der Waals surface area (Å²) in [5.41, 5.74) is 0.308. The fraction of sp³-hybridized carbons (Fsp3) is 0.933. The molecule has 1 aliphatic heterocycles. The van der Waals surface area contributed by atoms with E-state index in [1.165, 1.54) is 4.90 Å². The van der Waals surface area contributed by atoms with Gasteiger partial charge in [0, 0.05) is 32.7 Å². The number of rotatable bonds is 5. The van der Waals surface area contributed by atoms with Crippen molar-refractivity contribution in [3.63, 3.8) is 0 Å². The van der Waals surface area contributed by atoms with Crippen molar-refractivity contribution in [2.45, 2.75) is 52.3 Å². The number of guanidine groups is 1. The second kappa shape index (κ2) is 8.04. The van der Waals surface area contributed by atoms with Crippen LogP contribution in [0.4, 0.5) is 13.2 Å². The van der Waals surface area contributed by atoms with Gasteiger partial charge in [0.2, 0.25) is 0 Å². The largest absolute Gasteiger partial charge is 0.401 e. The summed E-state index contributed by atoms with van der Waals surface area (Å²) < 4.78 is 37.1. The molecule has 0 bridgehead atoms. The van der Waals surface area contributed by atoms with E-state index in [0.717, 1.165) is 19.4 Å². The maximum Gasteiger partial charge on any atom is 0.401 e. The number of nitrogens with zero attached hydrogens (tertiary/aromatic N) is 2. The van der Waals surface area contributed by atoms with Crippen molar-refractivity contribution in [3.8, 4) is 0 Å². The molecule has 1 rings (SSSR count). The molecule has 1 fully saturated rings. The first-order valence-electron chi connectivity index (χ1n) is 7.85. The lowest BCUT2D eigenvalue weighted by Gasteiger charge is -2.21. The normalized spacial score (nSPS) is 21.2. The highest BCUT2D eigenvalue weighted by Gasteiger charge is 2.34. The van der Waals surface area contributed by atoms with E-state index >= 15 is 0 Å². The van der Waals surface area contributed by atoms with Crippen molar-refractivity contribution < 1.29 is 13.2 Å². The van der Waals surface area contributed by atoms with Crippen LogP contribution in [0.1, 0.15) is 40.0 Å². The Hall–Kier alpha value is -0.980. The van der Waals surface area contributed by atoms with Gasteiger partial charge in [0.25, 0.3) is 0 Å². The predicted molar refractivity (Wildman–Crippen MR) is 84.1 cm³/mol. The topological polar surface area (TPSA) is 39.7 Å². The summed E-state index contributed by atoms with van der Waals surface area (Å²) in [6.07, 6.45) is -1.27. The Morgan fingerprint density at radius 2 is 1.95 bits per heavy atom. The summed E-state index contributed by atoms with van der Waals surface area (Å²) in [4.78, 5) is 5.57. The predicted octanol–water partition coefficient (Wildman–Crippen LogP) is 2.61. The van der Waals surface area contributed by atoms with E-state index < -0.39 is 12.7 Å². The average molecular weight is 322 g/mol. The smallest absolute Gasteiger partial charge is 0.356 e. The number of halogens is 3. The van der Waals surface area contributed by atoms with Crippen LogP contribution in [-0.2, 0) is 0 Å². The van der Waals surface area contributed by atoms with Gasteiger partial charge < -0.3 is 10.6 Å². The van der Waals surface area contributed by atoms with E-state index in [1.807, 2.05) is 0 Å². The fourth-order valence-corrected chi connectivity index (χ4v) is 2.56. The molecule has 0 aromatic rings. The van der Waals surface area contributed by atoms with E-state index in [-0.39, 0.29) is 6.04 Å². The summed E-state index contributed by atoms with van der Waals surface area (Å²) in [7, 11) is 1.68. The second-order valence-electron chi connectivity index (χ2n) is 7.14. The lowest BCUT2D eigenvalue weighted by Crippen LogP contribution is -2.45. The van der Waals surface area contributed by atoms with Crippen molar-refractivity contribution in [1.82, 2.24) is 15.5 Å². The minimum atomic E-state index is -4.12. The number of hydrogen-bond donors (Lipinski definition) is 2. The van der Waals surface area contributed by atoms with Gasteiger partial charge in [-0.1, -0.05) is 20.8 Å². The van der Waals surface area contributed by atoms with Crippen LogP contribution < -0.4 is 10.6 Å². The molecular weight excluding hydrogens is 293 g/mol. The van der Waals surface area contributed by atoms with Crippen LogP contribution in [0.15, 0.2) is 4.99 Å². The number of alkyl halides is 3. The highest BCUT2D eigenvalue weighted by atomic mass is 19.4. The van der Waals surface area contributed by atoms with Gasteiger partial charge in [-0.2, -0.15) is 13.2 Å². The van der Waals surface area contributed by atoms with Gasteiger partial charge in [-0.25, -0.2) is 0 Å². The third kappa shape index (κ3) is 8.46. The Balaban J connectivity index is 2.27. The van der Waals surface area contributed by atoms with Gasteiger partial charge in [0.1, 0.15) is 0 Å². The summed E-state index contributed by atoms with van der Waals surface area (Å²) in [6, 6.07) is 0.0242. The molecule has 0 aliphatic carbocycles. The lowest BCUT2D eigenvalue weighted by molar-refractivity contribution is -0.143. The summed E-state index contributed by atoms with van der Waals surface area (Å²) in [6.45, 7) is 7.47. The van der Waals surface area contributed by atoms with Crippen molar-refractivity contribution in [1.29, 1.82) is 0 Å². The Morgan fingerprint density at radius 3 is 2.50 bits per heavy atom. The van der Waals surface area contributed by atoms with Crippen LogP contribution in [0.5, 0.6) is 0 Å². The summed E-state index contributed by atoms with van der Waals surface area (Å²) in [5.74, 6) is 0.674. The molecule has 1 saturated heterocycles. The van der Waals surface area contributed by atoms with Gasteiger partial charge >= 0.3 is 6.18 Å². The summed E-state index contributed by atoms with van der Waals surface area (Å²) >= 11 is 0. The lowest BCUT2D eigenvalue weighted by atomic mass is 9.91. The average Bonchev–Trinajstić information content (AvgIpc) is 2.76. The Morgan fingerprint density at radius 1 is 1.27 bits per heavy atom. The molecular formula is C15H29F3N4. The van der Waals surface area contributed by atoms with E-state index in [9.17, 15) is 13.2 Å². The molecule has 7 heteroatoms. The molecule has 0 aromatic heterocycles. The van der Waals surface area contributed by atoms with Crippen LogP contribution in [-0.4, -0.2) is 56.3 Å². The molecule has 0 amide bonds. The number of likely N-dealkylation sites (tertiary alicyclic amines) is 1. The third-order valence-electron chi connectivity index (χ3n) is 3.64. The minimum Gasteiger partial charge on any atom is -0.356 e. The molecule has 1 heterocycles. The molecule has 0 saturated carbocycles. The quantitative estimate of drug-likeness (QED) is 0.464. The Bertz CT molecular complexity index is 361. The molecule has 130 valence electrons. The van der Waals surface area contributed by atoms with Crippen molar-refractivity contribution in [2.24, 2.45) is 10.4 Å². The van der Waals surface area contributed by atoms with Crippen molar-refractivity contribution >= 4 is 5.96 Å². The molecule has 1 aliphatic rings. The van der Waals surface area contributed by atoms with E-state index in [0.29, 0.717) is 30.9 Å². The fourth-order valence-electron chi connectivity index (χ4n) is 2.56. The summed E-state index contributed by atoms with van der Waals surface area (Å²) in [5, 5.41) is 6.44. The Labute approximate surface area is 131 Å². The number of aliphatic imine (C=N–C) groups is 1. The SMILES string of the molecule is CN=C(NCCCC(C)(C)C)NC1CCN(CC(F)(F)F)C1. The highest BCUT2D eigenvalue weighted by Crippen LogP contribution is 2.20. The van der Waals surface area contributed by atoms with Crippen molar-refractivity contribution in [3.05, 3.63) is 0 Å². The zero-order valence-electron chi connectivity index (χ0n) is 14.1. The van der Waals surface area contributed by atoms with Crippen LogP contribution in [0.2, 0.25) is 0 Å². The molecule has 1 atom stereocenters. The van der Waals surface area contributed by atoms with Gasteiger partial charge in [-0.05, 0) is 24.7 Å². The van der Waals surface area contributed by atoms with Gasteiger partial charge in [0.15, 0.2) is 5.96 Å². The third-order valence-corrected chi connectivity index (χ3v) is 3.64. The first-order chi connectivity index (χ1) is 10.1. The van der Waals surface area contributed by atoms with Crippen LogP contribution in [0, 0.1) is 5.41 Å². The Kier molecular flexibility index (Phi) is 6.97. The molecule has 0 aromatic carbocycles. The molecule has 4 nitrogen and oxygen atoms in total. The molecule has 0 spiro atoms. The monoisotopic (exact) mass is 322 g/mol. The highest BCUT2D eigenvalue weighted by molar-refractivity contribution is 5.79. The van der Waals surface area contributed by atoms with Gasteiger partial charge in [0.05, 0.1) is 6.54 Å². The van der Waals surface area contributed by atoms with E-state index in [4.69, 9.17) is 0 Å². The van der Waals surface area contributed by atoms with Crippen LogP contribution >= 0.6 is 0 Å². The molecule has 22 heavy (non-hydrogen) atoms. The minimum absolute atomic E-state index is 0.0242. The molecule has 2 N–H and O–H groups in total. The maximum atomic E-state index is 12.4. The zero-order valence-corrected chi connectivity index (χ0v) is 14.1. The number of nitrogens with one attached hydrogen (secondary N) is 2. The second-order valence-corrected chi connectivity index (χ2v) is 7.14. The zero-order chi connectivity index (χ0) is 16.8. The van der Waals surface area contributed by atoms with Crippen LogP contribution in [0.25, 0.3) is 0 Å². The van der Waals surface area contributed by atoms with Gasteiger partial charge in [-0.15, -0.1) is 0 Å². The van der Waals surface area contributed by atoms with Crippen LogP contribution in [0.3, 0.4) is 0 Å². The standard InChI is InChI=1S/C15H29F3N4/c1-14(2,3)7-5-8-20-13(19-4)21-12-6-9-22(10-12)11-15(16,17)18/h12H,5-11H2,1-4H3,(H2,19,20,21). The van der Waals surface area contributed by atoms with E-state index in [1.54, 1.807) is 7.05 Å². The first-order valence-corrected chi connectivity index (χ1v) is 7.85. The van der Waals surface area contributed by atoms with E-state index in [2.05, 4.69) is 36.4 Å². The van der Waals surface area contributed by atoms with Crippen molar-refractivity contribution in [2.75, 3.05) is 33.2 Å². The molecule has 1 unspecified atom stereocenters. The van der Waals surface area contributed by atoms with Gasteiger partial charge in [-0.3, -0.25) is 9.89 Å².